The van der Waals surface area contributed by atoms with Crippen molar-refractivity contribution in [1.82, 2.24) is 10.6 Å². The summed E-state index contributed by atoms with van der Waals surface area (Å²) in [6, 6.07) is 16.2. The molecule has 0 saturated heterocycles. The van der Waals surface area contributed by atoms with Gasteiger partial charge in [0.2, 0.25) is 5.91 Å². The molecule has 33 heavy (non-hydrogen) atoms. The Morgan fingerprint density at radius 1 is 1.00 bits per heavy atom. The minimum Gasteiger partial charge on any atom is -0.479 e. The Hall–Kier alpha value is -3.39. The van der Waals surface area contributed by atoms with E-state index in [9.17, 15) is 14.4 Å². The molecule has 0 heterocycles. The van der Waals surface area contributed by atoms with Crippen molar-refractivity contribution in [1.29, 1.82) is 0 Å². The highest BCUT2D eigenvalue weighted by Crippen LogP contribution is 2.44. The van der Waals surface area contributed by atoms with Crippen LogP contribution in [0.15, 0.2) is 48.5 Å². The highest BCUT2D eigenvalue weighted by atomic mass is 16.5. The number of nitrogens with one attached hydrogen (secondary N) is 2. The lowest BCUT2D eigenvalue weighted by Crippen LogP contribution is -2.41. The van der Waals surface area contributed by atoms with E-state index in [0.29, 0.717) is 0 Å². The molecule has 1 aliphatic rings. The zero-order valence-corrected chi connectivity index (χ0v) is 19.1. The van der Waals surface area contributed by atoms with Crippen molar-refractivity contribution >= 4 is 18.0 Å². The zero-order chi connectivity index (χ0) is 24.0. The van der Waals surface area contributed by atoms with Crippen LogP contribution in [0.1, 0.15) is 37.3 Å². The van der Waals surface area contributed by atoms with Gasteiger partial charge in [-0.3, -0.25) is 4.79 Å². The van der Waals surface area contributed by atoms with Crippen LogP contribution in [0, 0.1) is 5.41 Å². The number of benzene rings is 2. The fourth-order valence-electron chi connectivity index (χ4n) is 4.00. The maximum Gasteiger partial charge on any atom is 0.407 e. The quantitative estimate of drug-likeness (QED) is 0.508. The molecule has 0 radical (unpaired) electrons. The van der Waals surface area contributed by atoms with E-state index in [1.54, 1.807) is 0 Å². The van der Waals surface area contributed by atoms with Gasteiger partial charge in [0.05, 0.1) is 6.54 Å². The Morgan fingerprint density at radius 3 is 2.12 bits per heavy atom. The van der Waals surface area contributed by atoms with Crippen LogP contribution in [0.3, 0.4) is 0 Å². The standard InChI is InChI=1S/C25H30N2O6/c1-25(2,12-22(28)26-13-21(32-3)23(29)30)15-27-24(31)33-14-20-18-10-6-4-8-16(18)17-9-5-7-11-19(17)20/h4-11,20-21H,12-15H2,1-3H3,(H,26,28)(H,27,31)(H,29,30). The van der Waals surface area contributed by atoms with E-state index in [0.717, 1.165) is 22.3 Å². The molecule has 8 nitrogen and oxygen atoms in total. The maximum atomic E-state index is 12.4. The number of carbonyl (C=O) groups excluding carboxylic acids is 2. The van der Waals surface area contributed by atoms with Crippen molar-refractivity contribution in [3.63, 3.8) is 0 Å². The third-order valence-corrected chi connectivity index (χ3v) is 5.74. The lowest BCUT2D eigenvalue weighted by Gasteiger charge is -2.24. The second-order valence-electron chi connectivity index (χ2n) is 8.89. The number of hydrogen-bond acceptors (Lipinski definition) is 5. The van der Waals surface area contributed by atoms with Gasteiger partial charge < -0.3 is 25.2 Å². The second-order valence-corrected chi connectivity index (χ2v) is 8.89. The number of rotatable bonds is 10. The molecule has 0 spiro atoms. The van der Waals surface area contributed by atoms with Gasteiger partial charge in [-0.25, -0.2) is 9.59 Å². The van der Waals surface area contributed by atoms with Crippen LogP contribution in [-0.2, 0) is 19.1 Å². The molecular weight excluding hydrogens is 424 g/mol. The Morgan fingerprint density at radius 2 is 1.58 bits per heavy atom. The molecule has 0 aliphatic heterocycles. The second kappa shape index (κ2) is 10.5. The van der Waals surface area contributed by atoms with Crippen molar-refractivity contribution in [2.45, 2.75) is 32.3 Å². The summed E-state index contributed by atoms with van der Waals surface area (Å²) < 4.78 is 10.3. The van der Waals surface area contributed by atoms with E-state index in [1.165, 1.54) is 7.11 Å². The van der Waals surface area contributed by atoms with E-state index in [4.69, 9.17) is 14.6 Å². The van der Waals surface area contributed by atoms with Gasteiger partial charge >= 0.3 is 12.1 Å². The predicted octanol–water partition coefficient (Wildman–Crippen LogP) is 3.16. The third-order valence-electron chi connectivity index (χ3n) is 5.74. The Kier molecular flexibility index (Phi) is 7.71. The first-order chi connectivity index (χ1) is 15.7. The summed E-state index contributed by atoms with van der Waals surface area (Å²) in [4.78, 5) is 35.5. The van der Waals surface area contributed by atoms with Gasteiger partial charge in [0.15, 0.2) is 6.10 Å². The summed E-state index contributed by atoms with van der Waals surface area (Å²) in [7, 11) is 1.27. The van der Waals surface area contributed by atoms with Gasteiger partial charge in [-0.15, -0.1) is 0 Å². The molecule has 2 aromatic rings. The minimum atomic E-state index is -1.14. The van der Waals surface area contributed by atoms with Gasteiger partial charge in [-0.2, -0.15) is 0 Å². The number of amides is 2. The summed E-state index contributed by atoms with van der Waals surface area (Å²) in [6.07, 6.45) is -1.54. The van der Waals surface area contributed by atoms with Crippen LogP contribution in [0.25, 0.3) is 11.1 Å². The molecule has 0 saturated carbocycles. The topological polar surface area (TPSA) is 114 Å². The molecule has 0 fully saturated rings. The number of hydrogen-bond donors (Lipinski definition) is 3. The molecule has 1 aliphatic carbocycles. The smallest absolute Gasteiger partial charge is 0.407 e. The average Bonchev–Trinajstić information content (AvgIpc) is 3.10. The van der Waals surface area contributed by atoms with Crippen LogP contribution >= 0.6 is 0 Å². The number of carboxylic acid groups (broad SMARTS) is 1. The largest absolute Gasteiger partial charge is 0.479 e. The summed E-state index contributed by atoms with van der Waals surface area (Å²) >= 11 is 0. The first kappa shape index (κ1) is 24.3. The Balaban J connectivity index is 1.48. The van der Waals surface area contributed by atoms with Gasteiger partial charge in [0.25, 0.3) is 0 Å². The molecule has 1 unspecified atom stereocenters. The Labute approximate surface area is 193 Å². The monoisotopic (exact) mass is 454 g/mol. The van der Waals surface area contributed by atoms with Gasteiger partial charge in [0, 0.05) is 26.0 Å². The summed E-state index contributed by atoms with van der Waals surface area (Å²) in [5, 5.41) is 14.2. The van der Waals surface area contributed by atoms with Crippen molar-refractivity contribution in [2.24, 2.45) is 5.41 Å². The fraction of sp³-hybridized carbons (Fsp3) is 0.400. The molecule has 2 aromatic carbocycles. The van der Waals surface area contributed by atoms with Crippen LogP contribution in [-0.4, -0.2) is 56.0 Å². The zero-order valence-electron chi connectivity index (χ0n) is 19.1. The van der Waals surface area contributed by atoms with Crippen molar-refractivity contribution in [2.75, 3.05) is 26.8 Å². The highest BCUT2D eigenvalue weighted by Gasteiger charge is 2.29. The highest BCUT2D eigenvalue weighted by molar-refractivity contribution is 5.80. The summed E-state index contributed by atoms with van der Waals surface area (Å²) in [6.45, 7) is 3.99. The van der Waals surface area contributed by atoms with E-state index in [2.05, 4.69) is 34.9 Å². The van der Waals surface area contributed by atoms with Crippen LogP contribution in [0.4, 0.5) is 4.79 Å². The molecule has 3 N–H and O–H groups in total. The number of fused-ring (bicyclic) bond motifs is 3. The number of carboxylic acids is 1. The third kappa shape index (κ3) is 6.10. The summed E-state index contributed by atoms with van der Waals surface area (Å²) in [5.74, 6) is -1.49. The number of carbonyl (C=O) groups is 3. The van der Waals surface area contributed by atoms with Gasteiger partial charge in [0.1, 0.15) is 6.61 Å². The molecule has 0 bridgehead atoms. The van der Waals surface area contributed by atoms with Crippen molar-refractivity contribution in [3.8, 4) is 11.1 Å². The first-order valence-corrected chi connectivity index (χ1v) is 10.8. The minimum absolute atomic E-state index is 0.0232. The molecule has 176 valence electrons. The van der Waals surface area contributed by atoms with Crippen LogP contribution < -0.4 is 10.6 Å². The molecule has 1 atom stereocenters. The SMILES string of the molecule is COC(CNC(=O)CC(C)(C)CNC(=O)OCC1c2ccccc2-c2ccccc21)C(=O)O. The molecule has 0 aromatic heterocycles. The first-order valence-electron chi connectivity index (χ1n) is 10.8. The predicted molar refractivity (Wildman–Crippen MR) is 123 cm³/mol. The van der Waals surface area contributed by atoms with E-state index >= 15 is 0 Å². The Bertz CT molecular complexity index is 974. The lowest BCUT2D eigenvalue weighted by atomic mass is 9.89. The van der Waals surface area contributed by atoms with E-state index in [-0.39, 0.29) is 37.9 Å². The van der Waals surface area contributed by atoms with Crippen LogP contribution in [0.2, 0.25) is 0 Å². The average molecular weight is 455 g/mol. The number of methoxy groups -OCH3 is 1. The van der Waals surface area contributed by atoms with Crippen molar-refractivity contribution in [3.05, 3.63) is 59.7 Å². The molecule has 3 rings (SSSR count). The fourth-order valence-corrected chi connectivity index (χ4v) is 4.00. The van der Waals surface area contributed by atoms with Gasteiger partial charge in [-0.05, 0) is 27.7 Å². The normalized spacial score (nSPS) is 13.5. The van der Waals surface area contributed by atoms with Crippen LogP contribution in [0.5, 0.6) is 0 Å². The van der Waals surface area contributed by atoms with E-state index in [1.807, 2.05) is 38.1 Å². The summed E-state index contributed by atoms with van der Waals surface area (Å²) in [5.41, 5.74) is 4.04. The van der Waals surface area contributed by atoms with Crippen molar-refractivity contribution < 1.29 is 29.0 Å². The van der Waals surface area contributed by atoms with Gasteiger partial charge in [-0.1, -0.05) is 62.4 Å². The maximum absolute atomic E-state index is 12.4. The molecule has 2 amide bonds. The number of aliphatic carboxylic acids is 1. The molecule has 8 heteroatoms. The van der Waals surface area contributed by atoms with E-state index < -0.39 is 23.6 Å². The molecular formula is C25H30N2O6. The number of alkyl carbamates (subject to hydrolysis) is 1. The lowest BCUT2D eigenvalue weighted by molar-refractivity contribution is -0.148. The number of ether oxygens (including phenoxy) is 2.